The highest BCUT2D eigenvalue weighted by molar-refractivity contribution is 6.07. The van der Waals surface area contributed by atoms with Crippen LogP contribution in [0.25, 0.3) is 16.6 Å². The van der Waals surface area contributed by atoms with Crippen molar-refractivity contribution in [3.63, 3.8) is 0 Å². The third-order valence-corrected chi connectivity index (χ3v) is 4.26. The summed E-state index contributed by atoms with van der Waals surface area (Å²) in [6.45, 7) is 8.70. The third kappa shape index (κ3) is 3.12. The van der Waals surface area contributed by atoms with Crippen molar-refractivity contribution in [3.05, 3.63) is 59.3 Å². The third-order valence-electron chi connectivity index (χ3n) is 4.26. The molecule has 0 spiro atoms. The Morgan fingerprint density at radius 2 is 1.72 bits per heavy atom. The maximum Gasteiger partial charge on any atom is 0.340 e. The largest absolute Gasteiger partial charge is 0.494 e. The van der Waals surface area contributed by atoms with Crippen LogP contribution in [0.4, 0.5) is 0 Å². The van der Waals surface area contributed by atoms with Crippen molar-refractivity contribution in [2.45, 2.75) is 27.7 Å². The molecule has 2 aromatic carbocycles. The van der Waals surface area contributed by atoms with Gasteiger partial charge in [0.05, 0.1) is 24.3 Å². The molecular formula is C21H23NO3. The number of benzene rings is 2. The summed E-state index contributed by atoms with van der Waals surface area (Å²) >= 11 is 0. The van der Waals surface area contributed by atoms with Gasteiger partial charge < -0.3 is 14.0 Å². The van der Waals surface area contributed by atoms with Gasteiger partial charge in [-0.05, 0) is 58.0 Å². The summed E-state index contributed by atoms with van der Waals surface area (Å²) < 4.78 is 13.0. The molecule has 0 aliphatic rings. The Balaban J connectivity index is 2.28. The van der Waals surface area contributed by atoms with Gasteiger partial charge in [-0.3, -0.25) is 0 Å². The molecule has 130 valence electrons. The number of ether oxygens (including phenoxy) is 2. The van der Waals surface area contributed by atoms with Gasteiger partial charge >= 0.3 is 5.97 Å². The number of hydrogen-bond acceptors (Lipinski definition) is 3. The fraction of sp³-hybridized carbons (Fsp3) is 0.286. The molecule has 3 aromatic rings. The second kappa shape index (κ2) is 7.01. The van der Waals surface area contributed by atoms with Gasteiger partial charge in [0.25, 0.3) is 0 Å². The Kier molecular flexibility index (Phi) is 4.79. The maximum absolute atomic E-state index is 12.6. The van der Waals surface area contributed by atoms with Crippen LogP contribution < -0.4 is 4.74 Å². The van der Waals surface area contributed by atoms with Gasteiger partial charge in [-0.1, -0.05) is 17.7 Å². The van der Waals surface area contributed by atoms with Crippen LogP contribution in [0.1, 0.15) is 35.5 Å². The molecule has 0 aliphatic carbocycles. The molecule has 1 aromatic heterocycles. The number of rotatable bonds is 5. The number of esters is 1. The number of aryl methyl sites for hydroxylation is 1. The molecular weight excluding hydrogens is 314 g/mol. The second-order valence-corrected chi connectivity index (χ2v) is 5.96. The summed E-state index contributed by atoms with van der Waals surface area (Å²) in [7, 11) is 0. The van der Waals surface area contributed by atoms with Crippen LogP contribution >= 0.6 is 0 Å². The zero-order valence-corrected chi connectivity index (χ0v) is 15.1. The van der Waals surface area contributed by atoms with Gasteiger partial charge in [0, 0.05) is 16.8 Å². The predicted octanol–water partition coefficient (Wildman–Crippen LogP) is 4.82. The zero-order valence-electron chi connectivity index (χ0n) is 15.1. The molecule has 0 saturated heterocycles. The van der Waals surface area contributed by atoms with Crippen LogP contribution in [0.3, 0.4) is 0 Å². The van der Waals surface area contributed by atoms with Crippen molar-refractivity contribution < 1.29 is 14.3 Å². The first-order chi connectivity index (χ1) is 12.1. The predicted molar refractivity (Wildman–Crippen MR) is 99.9 cm³/mol. The van der Waals surface area contributed by atoms with E-state index in [2.05, 4.69) is 35.8 Å². The molecule has 4 nitrogen and oxygen atoms in total. The summed E-state index contributed by atoms with van der Waals surface area (Å²) in [5.41, 5.74) is 4.65. The minimum absolute atomic E-state index is 0.301. The van der Waals surface area contributed by atoms with Crippen molar-refractivity contribution >= 4 is 16.9 Å². The van der Waals surface area contributed by atoms with Gasteiger partial charge in [0.1, 0.15) is 5.75 Å². The minimum Gasteiger partial charge on any atom is -0.494 e. The molecule has 0 fully saturated rings. The number of carbonyl (C=O) groups is 1. The van der Waals surface area contributed by atoms with E-state index in [1.54, 1.807) is 0 Å². The van der Waals surface area contributed by atoms with E-state index in [1.807, 2.05) is 39.0 Å². The van der Waals surface area contributed by atoms with Gasteiger partial charge in [-0.2, -0.15) is 0 Å². The summed E-state index contributed by atoms with van der Waals surface area (Å²) in [6.07, 6.45) is 0. The molecule has 0 radical (unpaired) electrons. The van der Waals surface area contributed by atoms with E-state index >= 15 is 0 Å². The molecule has 0 amide bonds. The lowest BCUT2D eigenvalue weighted by atomic mass is 10.1. The molecule has 0 atom stereocenters. The standard InChI is InChI=1S/C21H23NO3/c1-5-24-17-11-12-19-18(13-17)20(21(23)25-6-2)15(4)22(19)16-9-7-14(3)8-10-16/h7-13H,5-6H2,1-4H3. The van der Waals surface area contributed by atoms with Crippen LogP contribution in [0.15, 0.2) is 42.5 Å². The average molecular weight is 337 g/mol. The number of fused-ring (bicyclic) bond motifs is 1. The Hall–Kier alpha value is -2.75. The fourth-order valence-electron chi connectivity index (χ4n) is 3.14. The van der Waals surface area contributed by atoms with Crippen LogP contribution in [0, 0.1) is 13.8 Å². The summed E-state index contributed by atoms with van der Waals surface area (Å²) in [4.78, 5) is 12.6. The Morgan fingerprint density at radius 1 is 1.00 bits per heavy atom. The Labute approximate surface area is 148 Å². The SMILES string of the molecule is CCOC(=O)c1c(C)n(-c2ccc(C)cc2)c2ccc(OCC)cc12. The monoisotopic (exact) mass is 337 g/mol. The van der Waals surface area contributed by atoms with Gasteiger partial charge in [0.15, 0.2) is 0 Å². The molecule has 0 N–H and O–H groups in total. The second-order valence-electron chi connectivity index (χ2n) is 5.96. The highest BCUT2D eigenvalue weighted by Gasteiger charge is 2.22. The number of nitrogens with zero attached hydrogens (tertiary/aromatic N) is 1. The normalized spacial score (nSPS) is 10.9. The Bertz CT molecular complexity index is 907. The highest BCUT2D eigenvalue weighted by Crippen LogP contribution is 2.32. The maximum atomic E-state index is 12.6. The highest BCUT2D eigenvalue weighted by atomic mass is 16.5. The minimum atomic E-state index is -0.301. The molecule has 0 bridgehead atoms. The smallest absolute Gasteiger partial charge is 0.340 e. The quantitative estimate of drug-likeness (QED) is 0.627. The Morgan fingerprint density at radius 3 is 2.36 bits per heavy atom. The van der Waals surface area contributed by atoms with E-state index in [-0.39, 0.29) is 5.97 Å². The molecule has 0 unspecified atom stereocenters. The average Bonchev–Trinajstić information content (AvgIpc) is 2.88. The van der Waals surface area contributed by atoms with Crippen molar-refractivity contribution in [1.82, 2.24) is 4.57 Å². The van der Waals surface area contributed by atoms with Crippen LogP contribution in [-0.4, -0.2) is 23.8 Å². The number of aromatic nitrogens is 1. The molecule has 3 rings (SSSR count). The molecule has 1 heterocycles. The summed E-state index contributed by atoms with van der Waals surface area (Å²) in [6, 6.07) is 14.1. The van der Waals surface area contributed by atoms with E-state index < -0.39 is 0 Å². The van der Waals surface area contributed by atoms with Gasteiger partial charge in [0.2, 0.25) is 0 Å². The van der Waals surface area contributed by atoms with E-state index in [0.717, 1.165) is 28.0 Å². The van der Waals surface area contributed by atoms with E-state index in [1.165, 1.54) is 5.56 Å². The van der Waals surface area contributed by atoms with Crippen LogP contribution in [0.2, 0.25) is 0 Å². The van der Waals surface area contributed by atoms with Crippen molar-refractivity contribution in [2.24, 2.45) is 0 Å². The lowest BCUT2D eigenvalue weighted by Gasteiger charge is -2.09. The topological polar surface area (TPSA) is 40.5 Å². The van der Waals surface area contributed by atoms with E-state index in [0.29, 0.717) is 18.8 Å². The first-order valence-electron chi connectivity index (χ1n) is 8.58. The first-order valence-corrected chi connectivity index (χ1v) is 8.58. The van der Waals surface area contributed by atoms with Crippen molar-refractivity contribution in [2.75, 3.05) is 13.2 Å². The number of hydrogen-bond donors (Lipinski definition) is 0. The lowest BCUT2D eigenvalue weighted by Crippen LogP contribution is -2.07. The van der Waals surface area contributed by atoms with Crippen LogP contribution in [-0.2, 0) is 4.74 Å². The summed E-state index contributed by atoms with van der Waals surface area (Å²) in [5.74, 6) is 0.450. The molecule has 0 saturated carbocycles. The molecule has 0 aliphatic heterocycles. The molecule has 4 heteroatoms. The van der Waals surface area contributed by atoms with Crippen molar-refractivity contribution in [1.29, 1.82) is 0 Å². The fourth-order valence-corrected chi connectivity index (χ4v) is 3.14. The zero-order chi connectivity index (χ0) is 18.0. The number of carbonyl (C=O) groups excluding carboxylic acids is 1. The van der Waals surface area contributed by atoms with E-state index in [4.69, 9.17) is 9.47 Å². The van der Waals surface area contributed by atoms with Gasteiger partial charge in [-0.25, -0.2) is 4.79 Å². The van der Waals surface area contributed by atoms with Crippen molar-refractivity contribution in [3.8, 4) is 11.4 Å². The molecule has 25 heavy (non-hydrogen) atoms. The summed E-state index contributed by atoms with van der Waals surface area (Å²) in [5, 5.41) is 0.850. The van der Waals surface area contributed by atoms with Gasteiger partial charge in [-0.15, -0.1) is 0 Å². The first kappa shape index (κ1) is 17.1. The lowest BCUT2D eigenvalue weighted by molar-refractivity contribution is 0.0527. The van der Waals surface area contributed by atoms with Crippen LogP contribution in [0.5, 0.6) is 5.75 Å². The van der Waals surface area contributed by atoms with E-state index in [9.17, 15) is 4.79 Å².